The Labute approximate surface area is 202 Å². The van der Waals surface area contributed by atoms with Gasteiger partial charge in [0.25, 0.3) is 0 Å². The molecule has 2 atom stereocenters. The van der Waals surface area contributed by atoms with Crippen LogP contribution in [0.5, 0.6) is 0 Å². The van der Waals surface area contributed by atoms with Gasteiger partial charge >= 0.3 is 11.9 Å². The number of hydrogen-bond acceptors (Lipinski definition) is 6. The molecule has 2 aliphatic heterocycles. The van der Waals surface area contributed by atoms with Crippen molar-refractivity contribution in [3.63, 3.8) is 0 Å². The van der Waals surface area contributed by atoms with Crippen molar-refractivity contribution in [3.8, 4) is 0 Å². The Morgan fingerprint density at radius 2 is 1.00 bits per heavy atom. The maximum atomic E-state index is 12.4. The molecule has 0 aliphatic carbocycles. The summed E-state index contributed by atoms with van der Waals surface area (Å²) in [6.07, 6.45) is 8.54. The normalized spacial score (nSPS) is 28.2. The zero-order chi connectivity index (χ0) is 24.9. The van der Waals surface area contributed by atoms with Crippen molar-refractivity contribution >= 4 is 11.9 Å². The van der Waals surface area contributed by atoms with Crippen LogP contribution in [-0.4, -0.2) is 46.3 Å². The number of unbranched alkanes of at least 4 members (excludes halogenated alkanes) is 2. The molecule has 2 N–H and O–H groups in total. The highest BCUT2D eigenvalue weighted by atomic mass is 16.5. The summed E-state index contributed by atoms with van der Waals surface area (Å²) in [5, 5.41) is 7.34. The minimum atomic E-state index is -0.117. The van der Waals surface area contributed by atoms with Gasteiger partial charge in [-0.3, -0.25) is 9.59 Å². The van der Waals surface area contributed by atoms with E-state index in [1.54, 1.807) is 0 Å². The van der Waals surface area contributed by atoms with Crippen molar-refractivity contribution in [2.24, 2.45) is 0 Å². The average Bonchev–Trinajstić information content (AvgIpc) is 2.78. The average molecular weight is 467 g/mol. The molecule has 2 unspecified atom stereocenters. The molecular weight excluding hydrogens is 416 g/mol. The lowest BCUT2D eigenvalue weighted by Gasteiger charge is -2.34. The van der Waals surface area contributed by atoms with Crippen molar-refractivity contribution in [1.82, 2.24) is 10.6 Å². The van der Waals surface area contributed by atoms with Gasteiger partial charge in [0.05, 0.1) is 0 Å². The van der Waals surface area contributed by atoms with Crippen molar-refractivity contribution in [2.75, 3.05) is 0 Å². The summed E-state index contributed by atoms with van der Waals surface area (Å²) in [5.74, 6) is -0.234. The number of carbonyl (C=O) groups is 2. The van der Waals surface area contributed by atoms with Crippen LogP contribution in [-0.2, 0) is 19.1 Å². The zero-order valence-electron chi connectivity index (χ0n) is 22.6. The van der Waals surface area contributed by atoms with Gasteiger partial charge in [-0.2, -0.15) is 0 Å². The van der Waals surface area contributed by atoms with E-state index in [0.29, 0.717) is 12.8 Å². The Morgan fingerprint density at radius 1 is 0.636 bits per heavy atom. The van der Waals surface area contributed by atoms with E-state index in [1.165, 1.54) is 0 Å². The van der Waals surface area contributed by atoms with Crippen molar-refractivity contribution in [1.29, 1.82) is 0 Å². The molecule has 0 aromatic heterocycles. The second-order valence-electron chi connectivity index (χ2n) is 13.1. The molecule has 6 nitrogen and oxygen atoms in total. The fourth-order valence-electron chi connectivity index (χ4n) is 5.85. The van der Waals surface area contributed by atoms with Crippen LogP contribution in [0.3, 0.4) is 0 Å². The molecule has 2 heterocycles. The summed E-state index contributed by atoms with van der Waals surface area (Å²) < 4.78 is 11.6. The number of carbonyl (C=O) groups excluding carboxylic acids is 2. The molecule has 0 saturated carbocycles. The predicted octanol–water partition coefficient (Wildman–Crippen LogP) is 5.42. The minimum Gasteiger partial charge on any atom is -0.462 e. The molecule has 33 heavy (non-hydrogen) atoms. The number of hydrogen-bond donors (Lipinski definition) is 2. The maximum Gasteiger partial charge on any atom is 0.306 e. The third-order valence-electron chi connectivity index (χ3n) is 6.87. The molecule has 2 rings (SSSR count). The maximum absolute atomic E-state index is 12.4. The first kappa shape index (κ1) is 28.1. The highest BCUT2D eigenvalue weighted by Crippen LogP contribution is 2.30. The van der Waals surface area contributed by atoms with Gasteiger partial charge in [0.1, 0.15) is 12.2 Å². The molecule has 0 aromatic rings. The molecular formula is C27H50N2O4. The Bertz CT molecular complexity index is 613. The molecule has 0 radical (unpaired) electrons. The highest BCUT2D eigenvalue weighted by molar-refractivity contribution is 5.70. The summed E-state index contributed by atoms with van der Waals surface area (Å²) in [7, 11) is 0. The van der Waals surface area contributed by atoms with Crippen LogP contribution in [0.15, 0.2) is 0 Å². The third kappa shape index (κ3) is 10.8. The van der Waals surface area contributed by atoms with Gasteiger partial charge in [0.15, 0.2) is 0 Å². The quantitative estimate of drug-likeness (QED) is 0.367. The smallest absolute Gasteiger partial charge is 0.306 e. The molecule has 2 fully saturated rings. The molecule has 0 spiro atoms. The van der Waals surface area contributed by atoms with Gasteiger partial charge in [-0.05, 0) is 93.9 Å². The van der Waals surface area contributed by atoms with E-state index in [-0.39, 0.29) is 46.3 Å². The van der Waals surface area contributed by atoms with E-state index in [1.807, 2.05) is 0 Å². The second kappa shape index (κ2) is 11.1. The first-order valence-electron chi connectivity index (χ1n) is 13.0. The SMILES string of the molecule is CC1(C)CCC(OC(=O)CCCCCC(=O)OC2CCC(C)(C)NC(C)(C)C2)CC(C)(C)N1. The van der Waals surface area contributed by atoms with Gasteiger partial charge in [0, 0.05) is 47.8 Å². The molecule has 2 saturated heterocycles. The summed E-state index contributed by atoms with van der Waals surface area (Å²) in [5.41, 5.74) is 0.00432. The van der Waals surface area contributed by atoms with Crippen LogP contribution >= 0.6 is 0 Å². The molecule has 0 amide bonds. The van der Waals surface area contributed by atoms with Crippen molar-refractivity contribution < 1.29 is 19.1 Å². The van der Waals surface area contributed by atoms with E-state index >= 15 is 0 Å². The van der Waals surface area contributed by atoms with E-state index in [9.17, 15) is 9.59 Å². The van der Waals surface area contributed by atoms with Crippen LogP contribution in [0.4, 0.5) is 0 Å². The summed E-state index contributed by atoms with van der Waals surface area (Å²) in [6.45, 7) is 17.5. The number of ether oxygens (including phenoxy) is 2. The standard InChI is InChI=1S/C27H50N2O4/c1-24(2)16-14-20(18-26(5,6)28-24)32-22(30)12-10-9-11-13-23(31)33-21-15-17-25(3,4)29-27(7,8)19-21/h20-21,28-29H,9-19H2,1-8H3. The summed E-state index contributed by atoms with van der Waals surface area (Å²) in [6, 6.07) is 0. The van der Waals surface area contributed by atoms with Crippen LogP contribution in [0.1, 0.15) is 126 Å². The molecule has 6 heteroatoms. The van der Waals surface area contributed by atoms with Crippen molar-refractivity contribution in [2.45, 2.75) is 160 Å². The van der Waals surface area contributed by atoms with Crippen LogP contribution in [0.25, 0.3) is 0 Å². The summed E-state index contributed by atoms with van der Waals surface area (Å²) >= 11 is 0. The van der Waals surface area contributed by atoms with Crippen LogP contribution in [0.2, 0.25) is 0 Å². The van der Waals surface area contributed by atoms with Gasteiger partial charge in [-0.15, -0.1) is 0 Å². The third-order valence-corrected chi connectivity index (χ3v) is 6.87. The molecule has 0 aromatic carbocycles. The number of nitrogens with one attached hydrogen (secondary N) is 2. The monoisotopic (exact) mass is 466 g/mol. The van der Waals surface area contributed by atoms with E-state index in [4.69, 9.17) is 9.47 Å². The topological polar surface area (TPSA) is 76.7 Å². The fourth-order valence-corrected chi connectivity index (χ4v) is 5.85. The Kier molecular flexibility index (Phi) is 9.42. The number of rotatable bonds is 8. The minimum absolute atomic E-state index is 0.0277. The Morgan fingerprint density at radius 3 is 1.36 bits per heavy atom. The van der Waals surface area contributed by atoms with Crippen LogP contribution < -0.4 is 10.6 Å². The van der Waals surface area contributed by atoms with Gasteiger partial charge in [-0.1, -0.05) is 6.42 Å². The molecule has 2 aliphatic rings. The first-order valence-corrected chi connectivity index (χ1v) is 13.0. The number of esters is 2. The lowest BCUT2D eigenvalue weighted by Crippen LogP contribution is -2.51. The summed E-state index contributed by atoms with van der Waals surface area (Å²) in [4.78, 5) is 24.7. The zero-order valence-corrected chi connectivity index (χ0v) is 22.6. The first-order chi connectivity index (χ1) is 15.1. The second-order valence-corrected chi connectivity index (χ2v) is 13.1. The van der Waals surface area contributed by atoms with Crippen molar-refractivity contribution in [3.05, 3.63) is 0 Å². The highest BCUT2D eigenvalue weighted by Gasteiger charge is 2.36. The van der Waals surface area contributed by atoms with E-state index < -0.39 is 0 Å². The van der Waals surface area contributed by atoms with E-state index in [0.717, 1.165) is 57.8 Å². The van der Waals surface area contributed by atoms with Gasteiger partial charge in [0.2, 0.25) is 0 Å². The van der Waals surface area contributed by atoms with Gasteiger partial charge in [-0.25, -0.2) is 0 Å². The van der Waals surface area contributed by atoms with E-state index in [2.05, 4.69) is 66.0 Å². The Balaban J connectivity index is 1.64. The largest absolute Gasteiger partial charge is 0.462 e. The van der Waals surface area contributed by atoms with Gasteiger partial charge < -0.3 is 20.1 Å². The lowest BCUT2D eigenvalue weighted by atomic mass is 9.96. The Hall–Kier alpha value is -1.14. The van der Waals surface area contributed by atoms with Crippen LogP contribution in [0, 0.1) is 0 Å². The molecule has 0 bridgehead atoms. The lowest BCUT2D eigenvalue weighted by molar-refractivity contribution is -0.150. The fraction of sp³-hybridized carbons (Fsp3) is 0.926. The molecule has 192 valence electrons. The predicted molar refractivity (Wildman–Crippen MR) is 133 cm³/mol.